The zero-order valence-electron chi connectivity index (χ0n) is 15.0. The topological polar surface area (TPSA) is 120 Å². The molecule has 1 heterocycles. The summed E-state index contributed by atoms with van der Waals surface area (Å²) in [6, 6.07) is 8.90. The Hall–Kier alpha value is -3.27. The molecule has 0 bridgehead atoms. The highest BCUT2D eigenvalue weighted by molar-refractivity contribution is 8.10. The van der Waals surface area contributed by atoms with Crippen LogP contribution in [0.15, 0.2) is 46.1 Å². The van der Waals surface area contributed by atoms with Crippen molar-refractivity contribution in [3.63, 3.8) is 0 Å². The van der Waals surface area contributed by atoms with Crippen molar-refractivity contribution in [1.82, 2.24) is 0 Å². The summed E-state index contributed by atoms with van der Waals surface area (Å²) in [6.45, 7) is 0. The van der Waals surface area contributed by atoms with Crippen molar-refractivity contribution >= 4 is 78.6 Å². The van der Waals surface area contributed by atoms with Crippen LogP contribution in [0.1, 0.15) is 10.4 Å². The van der Waals surface area contributed by atoms with Crippen LogP contribution in [0.25, 0.3) is 26.5 Å². The Kier molecular flexibility index (Phi) is 4.20. The summed E-state index contributed by atoms with van der Waals surface area (Å²) in [4.78, 5) is 48.6. The molecule has 4 aromatic rings. The molecule has 1 aliphatic rings. The van der Waals surface area contributed by atoms with E-state index in [1.54, 1.807) is 24.3 Å². The molecular formula is C20H6Cl2N2O6S. The number of hydrogen-bond acceptors (Lipinski definition) is 7. The molecule has 0 unspecified atom stereocenters. The third-order valence-electron chi connectivity index (χ3n) is 5.15. The van der Waals surface area contributed by atoms with E-state index in [9.17, 15) is 29.8 Å². The molecule has 11 heteroatoms. The van der Waals surface area contributed by atoms with Crippen molar-refractivity contribution in [2.24, 2.45) is 0 Å². The summed E-state index contributed by atoms with van der Waals surface area (Å²) in [5.74, 6) is -0.400. The first kappa shape index (κ1) is 19.7. The summed E-state index contributed by atoms with van der Waals surface area (Å²) in [5.41, 5.74) is -1.42. The van der Waals surface area contributed by atoms with Crippen molar-refractivity contribution in [3.8, 4) is 0 Å². The number of carbonyl (C=O) groups is 1. The minimum absolute atomic E-state index is 0.0532. The second kappa shape index (κ2) is 6.61. The van der Waals surface area contributed by atoms with Crippen molar-refractivity contribution in [2.75, 3.05) is 0 Å². The molecule has 4 aromatic carbocycles. The van der Waals surface area contributed by atoms with Crippen molar-refractivity contribution in [2.45, 2.75) is 4.90 Å². The number of thioether (sulfide) groups is 1. The van der Waals surface area contributed by atoms with Crippen molar-refractivity contribution in [3.05, 3.63) is 87.7 Å². The second-order valence-electron chi connectivity index (χ2n) is 6.74. The first-order chi connectivity index (χ1) is 14.7. The lowest BCUT2D eigenvalue weighted by atomic mass is 10.0. The Morgan fingerprint density at radius 1 is 0.839 bits per heavy atom. The van der Waals surface area contributed by atoms with E-state index in [1.807, 2.05) is 0 Å². The first-order valence-electron chi connectivity index (χ1n) is 8.60. The zero-order valence-corrected chi connectivity index (χ0v) is 17.3. The van der Waals surface area contributed by atoms with Gasteiger partial charge in [-0.1, -0.05) is 47.1 Å². The Bertz CT molecular complexity index is 1630. The summed E-state index contributed by atoms with van der Waals surface area (Å²) in [5, 5.41) is 22.2. The van der Waals surface area contributed by atoms with Crippen LogP contribution in [-0.2, 0) is 0 Å². The van der Waals surface area contributed by atoms with E-state index >= 15 is 0 Å². The van der Waals surface area contributed by atoms with Gasteiger partial charge in [0, 0.05) is 49.4 Å². The lowest BCUT2D eigenvalue weighted by molar-refractivity contribution is -0.384. The molecule has 5 rings (SSSR count). The molecule has 0 aliphatic carbocycles. The fourth-order valence-electron chi connectivity index (χ4n) is 3.84. The second-order valence-corrected chi connectivity index (χ2v) is 8.55. The number of Topliss-reactive ketones (excluding diaryl/α,β-unsaturated/α-hetero) is 1. The summed E-state index contributed by atoms with van der Waals surface area (Å²) in [6.07, 6.45) is 0. The van der Waals surface area contributed by atoms with Crippen LogP contribution in [-0.4, -0.2) is 15.6 Å². The van der Waals surface area contributed by atoms with Gasteiger partial charge in [0.05, 0.1) is 14.8 Å². The summed E-state index contributed by atoms with van der Waals surface area (Å²) >= 11 is 13.5. The number of ketones is 1. The maximum absolute atomic E-state index is 13.3. The average molecular weight is 473 g/mol. The smallest absolute Gasteiger partial charge is 0.289 e. The van der Waals surface area contributed by atoms with Gasteiger partial charge in [-0.05, 0) is 12.1 Å². The van der Waals surface area contributed by atoms with Crippen LogP contribution in [0.5, 0.6) is 0 Å². The maximum Gasteiger partial charge on any atom is 0.289 e. The van der Waals surface area contributed by atoms with E-state index in [-0.39, 0.29) is 31.7 Å². The van der Waals surface area contributed by atoms with E-state index < -0.39 is 42.5 Å². The summed E-state index contributed by atoms with van der Waals surface area (Å²) < 4.78 is 0. The molecular weight excluding hydrogens is 467 g/mol. The third-order valence-corrected chi connectivity index (χ3v) is 7.09. The van der Waals surface area contributed by atoms with Crippen LogP contribution in [0.3, 0.4) is 0 Å². The van der Waals surface area contributed by atoms with Crippen LogP contribution in [0.4, 0.5) is 11.4 Å². The van der Waals surface area contributed by atoms with E-state index in [0.29, 0.717) is 10.5 Å². The monoisotopic (exact) mass is 472 g/mol. The molecule has 152 valence electrons. The molecule has 0 spiro atoms. The standard InChI is InChI=1S/C20H6Cl2N2O6S/c21-16-10(23(27)28)5-8-13-9(6-11(24(29)30)17(22)15(13)16)18(25)14(8)20-19(26)7-3-1-2-4-12(7)31-20/h1-6H/b20-14+. The van der Waals surface area contributed by atoms with Crippen LogP contribution < -0.4 is 10.6 Å². The maximum atomic E-state index is 13.3. The summed E-state index contributed by atoms with van der Waals surface area (Å²) in [7, 11) is 0. The molecule has 0 N–H and O–H groups in total. The third kappa shape index (κ3) is 2.57. The quantitative estimate of drug-likeness (QED) is 0.305. The molecule has 0 radical (unpaired) electrons. The minimum Gasteiger partial charge on any atom is -0.289 e. The van der Waals surface area contributed by atoms with E-state index in [0.717, 1.165) is 23.9 Å². The number of hydrogen-bond donors (Lipinski definition) is 0. The number of halogens is 2. The van der Waals surface area contributed by atoms with E-state index in [1.165, 1.54) is 0 Å². The lowest BCUT2D eigenvalue weighted by Gasteiger charge is -2.06. The number of nitrogens with zero attached hydrogens (tertiary/aromatic N) is 2. The number of rotatable bonds is 2. The number of carbonyl (C=O) groups excluding carboxylic acids is 1. The van der Waals surface area contributed by atoms with Crippen LogP contribution >= 0.6 is 35.0 Å². The van der Waals surface area contributed by atoms with Gasteiger partial charge < -0.3 is 0 Å². The van der Waals surface area contributed by atoms with Crippen LogP contribution in [0, 0.1) is 20.2 Å². The fourth-order valence-corrected chi connectivity index (χ4v) is 5.66. The number of benzene rings is 3. The molecule has 0 atom stereocenters. The molecule has 31 heavy (non-hydrogen) atoms. The van der Waals surface area contributed by atoms with Gasteiger partial charge in [-0.15, -0.1) is 0 Å². The van der Waals surface area contributed by atoms with Crippen molar-refractivity contribution < 1.29 is 14.6 Å². The predicted molar refractivity (Wildman–Crippen MR) is 117 cm³/mol. The number of nitro benzene ring substituents is 2. The largest absolute Gasteiger partial charge is 0.289 e. The fraction of sp³-hybridized carbons (Fsp3) is 0. The Labute approximate surface area is 185 Å². The Balaban J connectivity index is 2.07. The van der Waals surface area contributed by atoms with Gasteiger partial charge in [0.25, 0.3) is 11.4 Å². The zero-order chi connectivity index (χ0) is 22.2. The number of fused-ring (bicyclic) bond motifs is 1. The van der Waals surface area contributed by atoms with E-state index in [4.69, 9.17) is 23.2 Å². The molecule has 1 aliphatic heterocycles. The van der Waals surface area contributed by atoms with Gasteiger partial charge in [-0.3, -0.25) is 29.8 Å². The predicted octanol–water partition coefficient (Wildman–Crippen LogP) is 4.73. The minimum atomic E-state index is -0.795. The van der Waals surface area contributed by atoms with Crippen molar-refractivity contribution in [1.29, 1.82) is 0 Å². The number of nitro groups is 2. The first-order valence-corrected chi connectivity index (χ1v) is 10.2. The average Bonchev–Trinajstić information content (AvgIpc) is 3.19. The molecule has 0 aromatic heterocycles. The highest BCUT2D eigenvalue weighted by Crippen LogP contribution is 2.46. The molecule has 0 fully saturated rings. The molecule has 0 saturated heterocycles. The van der Waals surface area contributed by atoms with Gasteiger partial charge >= 0.3 is 0 Å². The van der Waals surface area contributed by atoms with Gasteiger partial charge in [-0.25, -0.2) is 0 Å². The van der Waals surface area contributed by atoms with Gasteiger partial charge in [-0.2, -0.15) is 0 Å². The van der Waals surface area contributed by atoms with Crippen LogP contribution in [0.2, 0.25) is 10.0 Å². The molecule has 0 amide bonds. The normalized spacial score (nSPS) is 15.1. The van der Waals surface area contributed by atoms with E-state index in [2.05, 4.69) is 0 Å². The Morgan fingerprint density at radius 2 is 1.42 bits per heavy atom. The highest BCUT2D eigenvalue weighted by Gasteiger charge is 2.32. The van der Waals surface area contributed by atoms with Gasteiger partial charge in [0.1, 0.15) is 10.0 Å². The molecule has 8 nitrogen and oxygen atoms in total. The SMILES string of the molecule is O=C1/C(=c2\c(=O)c3cc([N+](=O)[O-])c(Cl)c4c(Cl)c([N+](=O)[O-])cc2c43)Sc2ccccc21. The Morgan fingerprint density at radius 3 is 2.00 bits per heavy atom. The van der Waals surface area contributed by atoms with Gasteiger partial charge in [0.15, 0.2) is 5.43 Å². The molecule has 0 saturated carbocycles. The highest BCUT2D eigenvalue weighted by atomic mass is 35.5. The van der Waals surface area contributed by atoms with Gasteiger partial charge in [0.2, 0.25) is 5.78 Å². The lowest BCUT2D eigenvalue weighted by Crippen LogP contribution is -2.23.